The lowest BCUT2D eigenvalue weighted by Gasteiger charge is -2.47. The Hall–Kier alpha value is -3.86. The van der Waals surface area contributed by atoms with Crippen molar-refractivity contribution in [2.45, 2.75) is 89.8 Å². The van der Waals surface area contributed by atoms with Gasteiger partial charge >= 0.3 is 12.1 Å². The summed E-state index contributed by atoms with van der Waals surface area (Å²) < 4.78 is 62.1. The molecule has 0 radical (unpaired) electrons. The number of hydrogen-bond acceptors (Lipinski definition) is 7. The summed E-state index contributed by atoms with van der Waals surface area (Å²) in [6.07, 6.45) is -6.00. The maximum absolute atomic E-state index is 16.6. The van der Waals surface area contributed by atoms with Crippen LogP contribution in [0.15, 0.2) is 91.0 Å². The van der Waals surface area contributed by atoms with Crippen molar-refractivity contribution in [3.8, 4) is 0 Å². The van der Waals surface area contributed by atoms with Crippen molar-refractivity contribution in [2.75, 3.05) is 6.61 Å². The quantitative estimate of drug-likeness (QED) is 0.182. The molecule has 1 unspecified atom stereocenters. The minimum atomic E-state index is -3.66. The van der Waals surface area contributed by atoms with Gasteiger partial charge in [0.2, 0.25) is 0 Å². The van der Waals surface area contributed by atoms with Crippen LogP contribution >= 0.6 is 0 Å². The predicted octanol–water partition coefficient (Wildman–Crippen LogP) is 6.85. The van der Waals surface area contributed by atoms with E-state index in [1.54, 1.807) is 31.2 Å². The number of benzene rings is 3. The summed E-state index contributed by atoms with van der Waals surface area (Å²) in [5, 5.41) is 2.29. The molecule has 0 aliphatic carbocycles. The Morgan fingerprint density at radius 2 is 1.28 bits per heavy atom. The first-order valence-electron chi connectivity index (χ1n) is 15.7. The van der Waals surface area contributed by atoms with Crippen LogP contribution < -0.4 is 5.32 Å². The van der Waals surface area contributed by atoms with E-state index in [1.165, 1.54) is 0 Å². The highest BCUT2D eigenvalue weighted by Crippen LogP contribution is 2.41. The van der Waals surface area contributed by atoms with Gasteiger partial charge in [-0.3, -0.25) is 0 Å². The lowest BCUT2D eigenvalue weighted by atomic mass is 9.83. The average Bonchev–Trinajstić information content (AvgIpc) is 3.07. The first-order valence-corrected chi connectivity index (χ1v) is 15.7. The lowest BCUT2D eigenvalue weighted by Crippen LogP contribution is -2.62. The molecule has 1 aliphatic heterocycles. The molecule has 1 amide bonds. The van der Waals surface area contributed by atoms with E-state index in [0.717, 1.165) is 11.1 Å². The van der Waals surface area contributed by atoms with Gasteiger partial charge in [-0.15, -0.1) is 0 Å². The molecule has 46 heavy (non-hydrogen) atoms. The molecule has 0 aromatic heterocycles. The molecule has 3 aromatic rings. The first kappa shape index (κ1) is 35.0. The Balaban J connectivity index is 1.58. The van der Waals surface area contributed by atoms with Gasteiger partial charge in [-0.05, 0) is 30.0 Å². The average molecular weight is 640 g/mol. The second-order valence-electron chi connectivity index (χ2n) is 11.4. The van der Waals surface area contributed by atoms with Crippen molar-refractivity contribution >= 4 is 12.1 Å². The van der Waals surface area contributed by atoms with Gasteiger partial charge in [0.25, 0.3) is 5.92 Å². The third kappa shape index (κ3) is 9.82. The molecule has 8 nitrogen and oxygen atoms in total. The maximum Gasteiger partial charge on any atom is 0.408 e. The Morgan fingerprint density at radius 3 is 1.78 bits per heavy atom. The van der Waals surface area contributed by atoms with Gasteiger partial charge in [0.15, 0.2) is 0 Å². The van der Waals surface area contributed by atoms with Crippen LogP contribution in [0.5, 0.6) is 0 Å². The molecule has 1 N–H and O–H groups in total. The number of amides is 1. The lowest BCUT2D eigenvalue weighted by molar-refractivity contribution is -0.285. The summed E-state index contributed by atoms with van der Waals surface area (Å²) in [6, 6.07) is 25.9. The van der Waals surface area contributed by atoms with Crippen molar-refractivity contribution in [1.29, 1.82) is 0 Å². The number of alkyl halides is 2. The molecular formula is C36H43F2NO7. The zero-order chi connectivity index (χ0) is 32.9. The van der Waals surface area contributed by atoms with E-state index in [1.807, 2.05) is 80.6 Å². The van der Waals surface area contributed by atoms with Gasteiger partial charge in [0, 0.05) is 12.3 Å². The van der Waals surface area contributed by atoms with Crippen LogP contribution in [0.1, 0.15) is 50.3 Å². The van der Waals surface area contributed by atoms with Crippen LogP contribution in [0.25, 0.3) is 0 Å². The van der Waals surface area contributed by atoms with Gasteiger partial charge < -0.3 is 29.0 Å². The summed E-state index contributed by atoms with van der Waals surface area (Å²) >= 11 is 0. The number of esters is 1. The second kappa shape index (κ2) is 17.2. The summed E-state index contributed by atoms with van der Waals surface area (Å²) in [5.41, 5.74) is 2.38. The van der Waals surface area contributed by atoms with Crippen molar-refractivity contribution < 1.29 is 42.1 Å². The number of hydrogen-bond donors (Lipinski definition) is 1. The Morgan fingerprint density at radius 1 is 0.783 bits per heavy atom. The number of halogens is 2. The molecule has 1 heterocycles. The van der Waals surface area contributed by atoms with Crippen LogP contribution in [-0.2, 0) is 48.3 Å². The van der Waals surface area contributed by atoms with Crippen LogP contribution in [0.4, 0.5) is 13.6 Å². The molecule has 0 saturated carbocycles. The molecule has 10 heteroatoms. The normalized spacial score (nSPS) is 22.1. The fraction of sp³-hybridized carbons (Fsp3) is 0.444. The van der Waals surface area contributed by atoms with Gasteiger partial charge in [-0.1, -0.05) is 105 Å². The Bertz CT molecular complexity index is 1350. The molecule has 6 atom stereocenters. The first-order chi connectivity index (χ1) is 22.2. The van der Waals surface area contributed by atoms with Crippen LogP contribution in [0.2, 0.25) is 0 Å². The SMILES string of the molecule is CCOC(=O)C(CC(F)(F)[C@@H]1O[C@H](CC)[C@H](C)[C@H](OCc2ccccc2)[C@H]1OCc1ccccc1)NC(=O)OCc1ccccc1. The number of alkyl carbamates (subject to hydrolysis) is 1. The molecule has 1 aliphatic rings. The van der Waals surface area contributed by atoms with E-state index in [9.17, 15) is 9.59 Å². The zero-order valence-corrected chi connectivity index (χ0v) is 26.5. The summed E-state index contributed by atoms with van der Waals surface area (Å²) in [6.45, 7) is 5.40. The molecule has 1 saturated heterocycles. The summed E-state index contributed by atoms with van der Waals surface area (Å²) in [5.74, 6) is -4.95. The van der Waals surface area contributed by atoms with Crippen LogP contribution in [-0.4, -0.2) is 55.0 Å². The highest BCUT2D eigenvalue weighted by molar-refractivity contribution is 5.81. The molecule has 3 aromatic carbocycles. The number of rotatable bonds is 15. The third-order valence-corrected chi connectivity index (χ3v) is 7.99. The Kier molecular flexibility index (Phi) is 13.1. The van der Waals surface area contributed by atoms with Crippen LogP contribution in [0, 0.1) is 5.92 Å². The summed E-state index contributed by atoms with van der Waals surface area (Å²) in [7, 11) is 0. The van der Waals surface area contributed by atoms with Crippen molar-refractivity contribution in [3.63, 3.8) is 0 Å². The highest BCUT2D eigenvalue weighted by atomic mass is 19.3. The monoisotopic (exact) mass is 639 g/mol. The largest absolute Gasteiger partial charge is 0.464 e. The Labute approximate surface area is 269 Å². The van der Waals surface area contributed by atoms with Gasteiger partial charge in [0.1, 0.15) is 24.9 Å². The minimum absolute atomic E-state index is 0.0432. The number of nitrogens with one attached hydrogen (secondary N) is 1. The smallest absolute Gasteiger partial charge is 0.408 e. The van der Waals surface area contributed by atoms with Gasteiger partial charge in [-0.2, -0.15) is 0 Å². The van der Waals surface area contributed by atoms with E-state index >= 15 is 8.78 Å². The molecule has 0 spiro atoms. The third-order valence-electron chi connectivity index (χ3n) is 7.99. The topological polar surface area (TPSA) is 92.3 Å². The number of carbonyl (C=O) groups is 2. The van der Waals surface area contributed by atoms with Gasteiger partial charge in [0.05, 0.1) is 32.0 Å². The van der Waals surface area contributed by atoms with E-state index in [2.05, 4.69) is 5.32 Å². The molecule has 248 valence electrons. The van der Waals surface area contributed by atoms with Crippen molar-refractivity contribution in [2.24, 2.45) is 5.92 Å². The predicted molar refractivity (Wildman–Crippen MR) is 168 cm³/mol. The van der Waals surface area contributed by atoms with Gasteiger partial charge in [-0.25, -0.2) is 18.4 Å². The van der Waals surface area contributed by atoms with Crippen LogP contribution in [0.3, 0.4) is 0 Å². The minimum Gasteiger partial charge on any atom is -0.464 e. The van der Waals surface area contributed by atoms with E-state index in [-0.39, 0.29) is 32.3 Å². The van der Waals surface area contributed by atoms with Crippen molar-refractivity contribution in [1.82, 2.24) is 5.32 Å². The van der Waals surface area contributed by atoms with E-state index < -0.39 is 54.9 Å². The highest BCUT2D eigenvalue weighted by Gasteiger charge is 2.56. The van der Waals surface area contributed by atoms with E-state index in [4.69, 9.17) is 23.7 Å². The van der Waals surface area contributed by atoms with E-state index in [0.29, 0.717) is 12.0 Å². The zero-order valence-electron chi connectivity index (χ0n) is 26.5. The number of carbonyl (C=O) groups excluding carboxylic acids is 2. The maximum atomic E-state index is 16.6. The number of ether oxygens (including phenoxy) is 5. The summed E-state index contributed by atoms with van der Waals surface area (Å²) in [4.78, 5) is 25.6. The molecule has 1 fully saturated rings. The molecule has 4 rings (SSSR count). The fourth-order valence-corrected chi connectivity index (χ4v) is 5.57. The molecular weight excluding hydrogens is 596 g/mol. The van der Waals surface area contributed by atoms with Crippen molar-refractivity contribution in [3.05, 3.63) is 108 Å². The molecule has 0 bridgehead atoms. The second-order valence-corrected chi connectivity index (χ2v) is 11.4. The standard InChI is InChI=1S/C36H43F2NO7/c1-4-30-25(3)31(43-22-26-15-9-6-10-16-26)32(44-23-27-17-11-7-12-18-27)33(46-30)36(37,38)21-29(34(40)42-5-2)39-35(41)45-24-28-19-13-8-14-20-28/h6-20,25,29-33H,4-5,21-24H2,1-3H3,(H,39,41)/t25-,29?,30+,31-,32+,33+/m0/s1. The fourth-order valence-electron chi connectivity index (χ4n) is 5.57.